The van der Waals surface area contributed by atoms with E-state index in [1.165, 1.54) is 17.1 Å². The summed E-state index contributed by atoms with van der Waals surface area (Å²) in [5.74, 6) is -0.636. The number of benzene rings is 1. The molecular weight excluding hydrogens is 428 g/mol. The SMILES string of the molecule is COc1ccc2c(cnn2CC23CC(C2)[C@@H](C(=O)N2N=CCC2c2cc(F)cc(F)c2)C3)n1. The van der Waals surface area contributed by atoms with Gasteiger partial charge in [0, 0.05) is 37.2 Å². The Hall–Kier alpha value is -3.36. The highest BCUT2D eigenvalue weighted by Crippen LogP contribution is 2.63. The number of pyridine rings is 1. The molecule has 1 aliphatic heterocycles. The van der Waals surface area contributed by atoms with Gasteiger partial charge in [-0.05, 0) is 54.4 Å². The van der Waals surface area contributed by atoms with Crippen LogP contribution in [0, 0.1) is 28.9 Å². The summed E-state index contributed by atoms with van der Waals surface area (Å²) in [5, 5.41) is 10.2. The van der Waals surface area contributed by atoms with Crippen molar-refractivity contribution in [3.8, 4) is 5.88 Å². The fourth-order valence-electron chi connectivity index (χ4n) is 5.97. The topological polar surface area (TPSA) is 72.6 Å². The fraction of sp³-hybridized carbons (Fsp3) is 0.417. The van der Waals surface area contributed by atoms with E-state index in [2.05, 4.69) is 15.2 Å². The van der Waals surface area contributed by atoms with Crippen molar-refractivity contribution in [1.29, 1.82) is 0 Å². The molecule has 3 aliphatic carbocycles. The van der Waals surface area contributed by atoms with E-state index in [4.69, 9.17) is 4.74 Å². The number of rotatable bonds is 5. The van der Waals surface area contributed by atoms with E-state index >= 15 is 0 Å². The Morgan fingerprint density at radius 1 is 1.18 bits per heavy atom. The van der Waals surface area contributed by atoms with Crippen LogP contribution in [0.3, 0.4) is 0 Å². The average molecular weight is 451 g/mol. The monoisotopic (exact) mass is 451 g/mol. The van der Waals surface area contributed by atoms with Crippen LogP contribution >= 0.6 is 0 Å². The molecular formula is C24H23F2N5O2. The molecule has 2 bridgehead atoms. The average Bonchev–Trinajstić information content (AvgIpc) is 3.54. The molecule has 0 saturated heterocycles. The predicted octanol–water partition coefficient (Wildman–Crippen LogP) is 4.09. The van der Waals surface area contributed by atoms with Crippen molar-refractivity contribution >= 4 is 23.2 Å². The number of halogens is 2. The van der Waals surface area contributed by atoms with Crippen LogP contribution in [0.5, 0.6) is 5.88 Å². The molecule has 2 atom stereocenters. The molecule has 2 aromatic heterocycles. The Labute approximate surface area is 189 Å². The highest BCUT2D eigenvalue weighted by molar-refractivity contribution is 5.83. The van der Waals surface area contributed by atoms with Gasteiger partial charge in [0.2, 0.25) is 11.8 Å². The molecule has 7 nitrogen and oxygen atoms in total. The van der Waals surface area contributed by atoms with Crippen molar-refractivity contribution in [2.24, 2.45) is 22.4 Å². The highest BCUT2D eigenvalue weighted by atomic mass is 19.1. The number of hydrogen-bond acceptors (Lipinski definition) is 5. The largest absolute Gasteiger partial charge is 0.481 e. The predicted molar refractivity (Wildman–Crippen MR) is 116 cm³/mol. The zero-order valence-electron chi connectivity index (χ0n) is 18.1. The molecule has 7 rings (SSSR count). The van der Waals surface area contributed by atoms with Crippen molar-refractivity contribution in [2.45, 2.75) is 38.3 Å². The minimum absolute atomic E-state index is 0.0216. The van der Waals surface area contributed by atoms with Crippen LogP contribution in [0.1, 0.15) is 37.3 Å². The number of carbonyl (C=O) groups is 1. The van der Waals surface area contributed by atoms with Crippen LogP contribution in [-0.4, -0.2) is 39.0 Å². The number of hydrazone groups is 1. The molecule has 0 radical (unpaired) electrons. The van der Waals surface area contributed by atoms with Gasteiger partial charge in [-0.3, -0.25) is 9.48 Å². The molecule has 9 heteroatoms. The summed E-state index contributed by atoms with van der Waals surface area (Å²) in [6.45, 7) is 0.729. The molecule has 0 spiro atoms. The molecule has 3 aromatic rings. The molecule has 0 N–H and O–H groups in total. The van der Waals surface area contributed by atoms with Crippen LogP contribution in [0.4, 0.5) is 8.78 Å². The van der Waals surface area contributed by atoms with Crippen LogP contribution in [0.2, 0.25) is 0 Å². The maximum absolute atomic E-state index is 13.8. The summed E-state index contributed by atoms with van der Waals surface area (Å²) in [6, 6.07) is 6.72. The second-order valence-corrected chi connectivity index (χ2v) is 9.47. The molecule has 33 heavy (non-hydrogen) atoms. The molecule has 1 amide bonds. The number of carbonyl (C=O) groups excluding carboxylic acids is 1. The van der Waals surface area contributed by atoms with Crippen molar-refractivity contribution in [3.63, 3.8) is 0 Å². The summed E-state index contributed by atoms with van der Waals surface area (Å²) >= 11 is 0. The lowest BCUT2D eigenvalue weighted by atomic mass is 9.69. The third kappa shape index (κ3) is 3.29. The number of nitrogens with zero attached hydrogens (tertiary/aromatic N) is 5. The van der Waals surface area contributed by atoms with E-state index in [9.17, 15) is 13.6 Å². The highest BCUT2D eigenvalue weighted by Gasteiger charge is 2.59. The van der Waals surface area contributed by atoms with Gasteiger partial charge >= 0.3 is 0 Å². The zero-order chi connectivity index (χ0) is 22.7. The van der Waals surface area contributed by atoms with E-state index in [0.29, 0.717) is 23.8 Å². The Morgan fingerprint density at radius 2 is 1.97 bits per heavy atom. The van der Waals surface area contributed by atoms with E-state index in [-0.39, 0.29) is 17.2 Å². The van der Waals surface area contributed by atoms with Crippen LogP contribution < -0.4 is 4.74 Å². The van der Waals surface area contributed by atoms with Gasteiger partial charge in [0.25, 0.3) is 0 Å². The van der Waals surface area contributed by atoms with Crippen LogP contribution in [-0.2, 0) is 11.3 Å². The Kier molecular flexibility index (Phi) is 4.50. The van der Waals surface area contributed by atoms with Gasteiger partial charge in [-0.15, -0.1) is 0 Å². The summed E-state index contributed by atoms with van der Waals surface area (Å²) in [7, 11) is 1.58. The number of ether oxygens (including phenoxy) is 1. The molecule has 3 fully saturated rings. The molecule has 3 saturated carbocycles. The summed E-state index contributed by atoms with van der Waals surface area (Å²) in [4.78, 5) is 17.9. The van der Waals surface area contributed by atoms with Crippen molar-refractivity contribution < 1.29 is 18.3 Å². The third-order valence-electron chi connectivity index (χ3n) is 7.42. The van der Waals surface area contributed by atoms with E-state index in [1.807, 2.05) is 16.8 Å². The molecule has 1 unspecified atom stereocenters. The number of hydrogen-bond donors (Lipinski definition) is 0. The van der Waals surface area contributed by atoms with E-state index in [1.54, 1.807) is 19.5 Å². The standard InChI is InChI=1S/C24H23F2N5O2/c1-33-22-3-2-21-19(29-22)12-28-30(21)13-24-9-15(10-24)18(11-24)23(32)31-20(4-5-27-31)14-6-16(25)8-17(26)7-14/h2-3,5-8,12,15,18,20H,4,9-11,13H2,1H3/t15?,18-,20?,24?/m0/s1. The van der Waals surface area contributed by atoms with E-state index in [0.717, 1.165) is 42.9 Å². The normalized spacial score (nSPS) is 27.8. The first-order valence-electron chi connectivity index (χ1n) is 11.1. The maximum atomic E-state index is 13.8. The first-order chi connectivity index (χ1) is 15.9. The molecule has 3 heterocycles. The van der Waals surface area contributed by atoms with Crippen molar-refractivity contribution in [1.82, 2.24) is 19.8 Å². The van der Waals surface area contributed by atoms with E-state index < -0.39 is 17.7 Å². The minimum atomic E-state index is -0.648. The number of methoxy groups -OCH3 is 1. The quantitative estimate of drug-likeness (QED) is 0.586. The van der Waals surface area contributed by atoms with Crippen LogP contribution in [0.15, 0.2) is 41.6 Å². The Balaban J connectivity index is 1.19. The lowest BCUT2D eigenvalue weighted by Gasteiger charge is -2.38. The first kappa shape index (κ1) is 20.3. The second kappa shape index (κ2) is 7.33. The smallest absolute Gasteiger partial charge is 0.246 e. The molecule has 170 valence electrons. The Morgan fingerprint density at radius 3 is 2.73 bits per heavy atom. The fourth-order valence-corrected chi connectivity index (χ4v) is 5.97. The van der Waals surface area contributed by atoms with Crippen molar-refractivity contribution in [3.05, 3.63) is 53.7 Å². The lowest BCUT2D eigenvalue weighted by Crippen LogP contribution is -2.35. The van der Waals surface area contributed by atoms with Crippen LogP contribution in [0.25, 0.3) is 11.0 Å². The minimum Gasteiger partial charge on any atom is -0.481 e. The summed E-state index contributed by atoms with van der Waals surface area (Å²) in [5.41, 5.74) is 2.18. The number of aromatic nitrogens is 3. The molecule has 4 aliphatic rings. The number of amides is 1. The third-order valence-corrected chi connectivity index (χ3v) is 7.42. The first-order valence-corrected chi connectivity index (χ1v) is 11.1. The van der Waals surface area contributed by atoms with Gasteiger partial charge < -0.3 is 4.74 Å². The van der Waals surface area contributed by atoms with Gasteiger partial charge in [-0.25, -0.2) is 18.8 Å². The van der Waals surface area contributed by atoms with Gasteiger partial charge in [0.15, 0.2) is 0 Å². The van der Waals surface area contributed by atoms with Gasteiger partial charge in [-0.1, -0.05) is 0 Å². The molecule has 1 aromatic carbocycles. The van der Waals surface area contributed by atoms with Gasteiger partial charge in [0.05, 0.1) is 24.9 Å². The Bertz CT molecular complexity index is 1260. The second-order valence-electron chi connectivity index (χ2n) is 9.47. The van der Waals surface area contributed by atoms with Gasteiger partial charge in [0.1, 0.15) is 17.2 Å². The maximum Gasteiger partial charge on any atom is 0.246 e. The summed E-state index contributed by atoms with van der Waals surface area (Å²) < 4.78 is 34.7. The number of fused-ring (bicyclic) bond motifs is 2. The lowest BCUT2D eigenvalue weighted by molar-refractivity contribution is -0.138. The summed E-state index contributed by atoms with van der Waals surface area (Å²) in [6.07, 6.45) is 6.53. The van der Waals surface area contributed by atoms with Crippen molar-refractivity contribution in [2.75, 3.05) is 7.11 Å². The van der Waals surface area contributed by atoms with Gasteiger partial charge in [-0.2, -0.15) is 10.2 Å². The zero-order valence-corrected chi connectivity index (χ0v) is 18.1.